The molecule has 1 aromatic rings. The van der Waals surface area contributed by atoms with Crippen LogP contribution in [0.4, 0.5) is 0 Å². The second kappa shape index (κ2) is 17.7. The topological polar surface area (TPSA) is 88.4 Å². The largest absolute Gasteiger partial charge is 0.508 e. The lowest BCUT2D eigenvalue weighted by molar-refractivity contribution is -0.0323. The summed E-state index contributed by atoms with van der Waals surface area (Å²) < 4.78 is 16.3. The Hall–Kier alpha value is -1.18. The lowest BCUT2D eigenvalue weighted by Crippen LogP contribution is -2.16. The maximum absolute atomic E-state index is 10.4. The van der Waals surface area contributed by atoms with Crippen molar-refractivity contribution in [2.24, 2.45) is 0 Å². The molecule has 0 aromatic heterocycles. The van der Waals surface area contributed by atoms with Gasteiger partial charge in [0.05, 0.1) is 46.2 Å². The van der Waals surface area contributed by atoms with Gasteiger partial charge in [0.25, 0.3) is 0 Å². The fraction of sp³-hybridized carbons (Fsp3) is 0.739. The number of unbranched alkanes of at least 4 members (excludes halogenated alkanes) is 6. The van der Waals surface area contributed by atoms with Crippen molar-refractivity contribution in [2.45, 2.75) is 64.4 Å². The van der Waals surface area contributed by atoms with Crippen molar-refractivity contribution in [3.63, 3.8) is 0 Å². The van der Waals surface area contributed by atoms with Crippen LogP contribution >= 0.6 is 0 Å². The predicted octanol–water partition coefficient (Wildman–Crippen LogP) is 3.76. The van der Waals surface area contributed by atoms with E-state index in [1.54, 1.807) is 6.07 Å². The highest BCUT2D eigenvalue weighted by Gasteiger charge is 2.19. The Labute approximate surface area is 175 Å². The Morgan fingerprint density at radius 2 is 1.48 bits per heavy atom. The van der Waals surface area contributed by atoms with Crippen LogP contribution in [-0.4, -0.2) is 61.6 Å². The van der Waals surface area contributed by atoms with E-state index >= 15 is 0 Å². The quantitative estimate of drug-likeness (QED) is 0.300. The van der Waals surface area contributed by atoms with E-state index in [9.17, 15) is 10.2 Å². The van der Waals surface area contributed by atoms with Gasteiger partial charge in [-0.2, -0.15) is 0 Å². The molecule has 0 aliphatic carbocycles. The summed E-state index contributed by atoms with van der Waals surface area (Å²) in [7, 11) is 0. The first-order valence-electron chi connectivity index (χ1n) is 11.0. The van der Waals surface area contributed by atoms with Gasteiger partial charge >= 0.3 is 0 Å². The van der Waals surface area contributed by atoms with Crippen molar-refractivity contribution in [1.82, 2.24) is 0 Å². The molecule has 0 aliphatic heterocycles. The first-order chi connectivity index (χ1) is 14.2. The van der Waals surface area contributed by atoms with Crippen LogP contribution in [0.15, 0.2) is 18.2 Å². The lowest BCUT2D eigenvalue weighted by atomic mass is 9.96. The van der Waals surface area contributed by atoms with Crippen molar-refractivity contribution >= 4 is 0 Å². The number of aliphatic hydroxyl groups is 2. The molecule has 0 radical (unpaired) electrons. The second-order valence-corrected chi connectivity index (χ2v) is 7.21. The first-order valence-corrected chi connectivity index (χ1v) is 11.0. The fourth-order valence-corrected chi connectivity index (χ4v) is 3.32. The van der Waals surface area contributed by atoms with E-state index in [1.807, 2.05) is 12.1 Å². The normalized spacial score (nSPS) is 12.4. The van der Waals surface area contributed by atoms with Crippen LogP contribution in [0.5, 0.6) is 5.75 Å². The minimum Gasteiger partial charge on any atom is -0.508 e. The van der Waals surface area contributed by atoms with Crippen LogP contribution in [0.1, 0.15) is 69.1 Å². The SMILES string of the molecule is CCCCCCCCCc1cccc(O)c1C(CO)OCCOCCOCCO. The van der Waals surface area contributed by atoms with Gasteiger partial charge in [0.15, 0.2) is 0 Å². The second-order valence-electron chi connectivity index (χ2n) is 7.21. The zero-order chi connectivity index (χ0) is 21.2. The van der Waals surface area contributed by atoms with Gasteiger partial charge in [0.1, 0.15) is 11.9 Å². The number of aromatic hydroxyl groups is 1. The molecule has 168 valence electrons. The number of hydrogen-bond donors (Lipinski definition) is 3. The highest BCUT2D eigenvalue weighted by atomic mass is 16.5. The number of phenols is 1. The van der Waals surface area contributed by atoms with Crippen LogP contribution in [0, 0.1) is 0 Å². The Balaban J connectivity index is 2.41. The molecule has 0 amide bonds. The molecule has 0 bridgehead atoms. The van der Waals surface area contributed by atoms with E-state index in [1.165, 1.54) is 38.5 Å². The predicted molar refractivity (Wildman–Crippen MR) is 114 cm³/mol. The standard InChI is InChI=1S/C23H40O6/c1-2-3-4-5-6-7-8-10-20-11-9-12-21(26)23(20)22(19-25)29-18-17-28-16-15-27-14-13-24/h9,11-12,22,24-26H,2-8,10,13-19H2,1H3. The molecular formula is C23H40O6. The average Bonchev–Trinajstić information content (AvgIpc) is 2.73. The molecule has 29 heavy (non-hydrogen) atoms. The summed E-state index contributed by atoms with van der Waals surface area (Å²) >= 11 is 0. The molecule has 3 N–H and O–H groups in total. The molecule has 0 aliphatic rings. The van der Waals surface area contributed by atoms with Gasteiger partial charge in [-0.05, 0) is 24.5 Å². The van der Waals surface area contributed by atoms with Crippen LogP contribution in [0.3, 0.4) is 0 Å². The maximum atomic E-state index is 10.4. The van der Waals surface area contributed by atoms with Crippen LogP contribution < -0.4 is 0 Å². The minimum absolute atomic E-state index is 0.00303. The van der Waals surface area contributed by atoms with Gasteiger partial charge in [0.2, 0.25) is 0 Å². The molecule has 6 nitrogen and oxygen atoms in total. The smallest absolute Gasteiger partial charge is 0.121 e. The molecule has 1 atom stereocenters. The molecule has 0 heterocycles. The van der Waals surface area contributed by atoms with Crippen molar-refractivity contribution in [1.29, 1.82) is 0 Å². The van der Waals surface area contributed by atoms with Crippen LogP contribution in [0.25, 0.3) is 0 Å². The van der Waals surface area contributed by atoms with Gasteiger partial charge in [-0.3, -0.25) is 0 Å². The number of benzene rings is 1. The minimum atomic E-state index is -0.565. The molecule has 6 heteroatoms. The van der Waals surface area contributed by atoms with Gasteiger partial charge in [-0.15, -0.1) is 0 Å². The van der Waals surface area contributed by atoms with E-state index in [0.717, 1.165) is 18.4 Å². The highest BCUT2D eigenvalue weighted by molar-refractivity contribution is 5.41. The highest BCUT2D eigenvalue weighted by Crippen LogP contribution is 2.31. The fourth-order valence-electron chi connectivity index (χ4n) is 3.32. The number of phenolic OH excluding ortho intramolecular Hbond substituents is 1. The number of rotatable bonds is 19. The van der Waals surface area contributed by atoms with Gasteiger partial charge in [-0.1, -0.05) is 57.6 Å². The van der Waals surface area contributed by atoms with Crippen molar-refractivity contribution < 1.29 is 29.5 Å². The monoisotopic (exact) mass is 412 g/mol. The lowest BCUT2D eigenvalue weighted by Gasteiger charge is -2.20. The Morgan fingerprint density at radius 1 is 0.828 bits per heavy atom. The number of aryl methyl sites for hydroxylation is 1. The summed E-state index contributed by atoms with van der Waals surface area (Å²) in [6.45, 7) is 3.88. The van der Waals surface area contributed by atoms with E-state index < -0.39 is 6.10 Å². The molecule has 1 rings (SSSR count). The third kappa shape index (κ3) is 11.6. The molecule has 0 saturated heterocycles. The van der Waals surface area contributed by atoms with Crippen molar-refractivity contribution in [3.8, 4) is 5.75 Å². The number of ether oxygens (including phenoxy) is 3. The van der Waals surface area contributed by atoms with Gasteiger partial charge in [-0.25, -0.2) is 0 Å². The first kappa shape index (κ1) is 25.9. The summed E-state index contributed by atoms with van der Waals surface area (Å²) in [4.78, 5) is 0. The third-order valence-electron chi connectivity index (χ3n) is 4.87. The van der Waals surface area contributed by atoms with E-state index in [4.69, 9.17) is 19.3 Å². The summed E-state index contributed by atoms with van der Waals surface area (Å²) in [5.41, 5.74) is 1.73. The maximum Gasteiger partial charge on any atom is 0.121 e. The van der Waals surface area contributed by atoms with Gasteiger partial charge < -0.3 is 29.5 Å². The number of aliphatic hydroxyl groups excluding tert-OH is 2. The molecule has 1 aromatic carbocycles. The van der Waals surface area contributed by atoms with Crippen LogP contribution in [0.2, 0.25) is 0 Å². The van der Waals surface area contributed by atoms with E-state index in [0.29, 0.717) is 38.6 Å². The third-order valence-corrected chi connectivity index (χ3v) is 4.87. The van der Waals surface area contributed by atoms with Crippen molar-refractivity contribution in [2.75, 3.05) is 46.2 Å². The Bertz CT molecular complexity index is 508. The summed E-state index contributed by atoms with van der Waals surface area (Å²) in [5, 5.41) is 28.8. The Kier molecular flexibility index (Phi) is 15.7. The van der Waals surface area contributed by atoms with E-state index in [2.05, 4.69) is 6.92 Å². The molecular weight excluding hydrogens is 372 g/mol. The average molecular weight is 413 g/mol. The summed E-state index contributed by atoms with van der Waals surface area (Å²) in [5.74, 6) is 0.169. The summed E-state index contributed by atoms with van der Waals surface area (Å²) in [6, 6.07) is 5.50. The zero-order valence-electron chi connectivity index (χ0n) is 18.0. The zero-order valence-corrected chi connectivity index (χ0v) is 18.0. The van der Waals surface area contributed by atoms with Crippen LogP contribution in [-0.2, 0) is 20.6 Å². The molecule has 1 unspecified atom stereocenters. The van der Waals surface area contributed by atoms with Crippen molar-refractivity contribution in [3.05, 3.63) is 29.3 Å². The summed E-state index contributed by atoms with van der Waals surface area (Å²) in [6.07, 6.45) is 8.96. The van der Waals surface area contributed by atoms with Gasteiger partial charge in [0, 0.05) is 5.56 Å². The molecule has 0 fully saturated rings. The molecule has 0 spiro atoms. The number of hydrogen-bond acceptors (Lipinski definition) is 6. The Morgan fingerprint density at radius 3 is 2.17 bits per heavy atom. The molecule has 0 saturated carbocycles. The van der Waals surface area contributed by atoms with E-state index in [-0.39, 0.29) is 19.0 Å².